The second-order valence-corrected chi connectivity index (χ2v) is 3.88. The van der Waals surface area contributed by atoms with Crippen LogP contribution in [-0.2, 0) is 4.84 Å². The van der Waals surface area contributed by atoms with Crippen molar-refractivity contribution < 1.29 is 9.63 Å². The second-order valence-electron chi connectivity index (χ2n) is 3.88. The molecular weight excluding hydrogens is 206 g/mol. The number of unbranched alkanes of at least 4 members (excludes halogenated alkanes) is 1. The average Bonchev–Trinajstić information content (AvgIpc) is 2.31. The van der Waals surface area contributed by atoms with Crippen molar-refractivity contribution in [1.82, 2.24) is 9.96 Å². The number of urea groups is 1. The Morgan fingerprint density at radius 3 is 2.88 bits per heavy atom. The molecule has 1 aliphatic heterocycles. The van der Waals surface area contributed by atoms with Crippen LogP contribution in [-0.4, -0.2) is 47.9 Å². The molecule has 0 saturated carbocycles. The summed E-state index contributed by atoms with van der Waals surface area (Å²) < 4.78 is 0. The zero-order valence-electron chi connectivity index (χ0n) is 10.1. The van der Waals surface area contributed by atoms with E-state index >= 15 is 0 Å². The van der Waals surface area contributed by atoms with Gasteiger partial charge in [0.2, 0.25) is 0 Å². The second kappa shape index (κ2) is 6.48. The summed E-state index contributed by atoms with van der Waals surface area (Å²) in [6.07, 6.45) is 4.13. The molecule has 0 bridgehead atoms. The molecule has 0 aromatic rings. The number of nitrogens with one attached hydrogen (secondary N) is 1. The molecule has 0 aromatic carbocycles. The Bertz CT molecular complexity index is 245. The fraction of sp³-hybridized carbons (Fsp3) is 0.818. The Hall–Kier alpha value is -1.10. The predicted octanol–water partition coefficient (Wildman–Crippen LogP) is 1.88. The summed E-state index contributed by atoms with van der Waals surface area (Å²) in [5.41, 5.74) is 0. The lowest BCUT2D eigenvalue weighted by Gasteiger charge is -2.38. The van der Waals surface area contributed by atoms with Crippen LogP contribution in [0, 0.1) is 5.41 Å². The van der Waals surface area contributed by atoms with Gasteiger partial charge in [0, 0.05) is 12.8 Å². The van der Waals surface area contributed by atoms with Gasteiger partial charge in [0.15, 0.2) is 0 Å². The number of rotatable bonds is 6. The molecule has 5 nitrogen and oxygen atoms in total. The Balaban J connectivity index is 2.50. The van der Waals surface area contributed by atoms with Gasteiger partial charge in [0.1, 0.15) is 0 Å². The highest BCUT2D eigenvalue weighted by atomic mass is 16.7. The molecule has 16 heavy (non-hydrogen) atoms. The van der Waals surface area contributed by atoms with E-state index in [4.69, 9.17) is 10.2 Å². The first-order chi connectivity index (χ1) is 7.74. The van der Waals surface area contributed by atoms with Gasteiger partial charge >= 0.3 is 6.03 Å². The van der Waals surface area contributed by atoms with Crippen LogP contribution in [0.5, 0.6) is 0 Å². The third-order valence-corrected chi connectivity index (χ3v) is 2.77. The number of amides is 2. The maximum Gasteiger partial charge on any atom is 0.344 e. The smallest absolute Gasteiger partial charge is 0.315 e. The van der Waals surface area contributed by atoms with Gasteiger partial charge in [-0.15, -0.1) is 0 Å². The summed E-state index contributed by atoms with van der Waals surface area (Å²) in [5, 5.41) is 8.71. The third kappa shape index (κ3) is 2.95. The van der Waals surface area contributed by atoms with Gasteiger partial charge in [-0.05, 0) is 19.8 Å². The fourth-order valence-corrected chi connectivity index (χ4v) is 1.77. The topological polar surface area (TPSA) is 56.6 Å². The molecule has 92 valence electrons. The average molecular weight is 227 g/mol. The van der Waals surface area contributed by atoms with Crippen LogP contribution in [0.2, 0.25) is 0 Å². The first-order valence-corrected chi connectivity index (χ1v) is 5.96. The zero-order chi connectivity index (χ0) is 12.0. The van der Waals surface area contributed by atoms with E-state index in [-0.39, 0.29) is 12.1 Å². The summed E-state index contributed by atoms with van der Waals surface area (Å²) in [7, 11) is 0. The minimum Gasteiger partial charge on any atom is -0.315 e. The van der Waals surface area contributed by atoms with Gasteiger partial charge in [-0.2, -0.15) is 0 Å². The Morgan fingerprint density at radius 1 is 1.56 bits per heavy atom. The van der Waals surface area contributed by atoms with Gasteiger partial charge < -0.3 is 10.3 Å². The summed E-state index contributed by atoms with van der Waals surface area (Å²) in [6.45, 7) is 5.80. The quantitative estimate of drug-likeness (QED) is 0.556. The van der Waals surface area contributed by atoms with Crippen molar-refractivity contribution in [2.24, 2.45) is 0 Å². The van der Waals surface area contributed by atoms with Gasteiger partial charge in [0.25, 0.3) is 0 Å². The number of carbonyl (C=O) groups excluding carboxylic acids is 1. The van der Waals surface area contributed by atoms with Crippen molar-refractivity contribution in [1.29, 1.82) is 5.41 Å². The molecule has 1 saturated heterocycles. The van der Waals surface area contributed by atoms with Crippen molar-refractivity contribution >= 4 is 12.2 Å². The molecular formula is C11H21N3O2. The van der Waals surface area contributed by atoms with Crippen molar-refractivity contribution in [2.45, 2.75) is 39.2 Å². The van der Waals surface area contributed by atoms with Crippen LogP contribution in [0.25, 0.3) is 0 Å². The van der Waals surface area contributed by atoms with E-state index in [9.17, 15) is 4.79 Å². The molecule has 1 aliphatic rings. The molecule has 0 aliphatic carbocycles. The molecule has 1 rings (SSSR count). The van der Waals surface area contributed by atoms with Crippen molar-refractivity contribution in [3.8, 4) is 0 Å². The minimum atomic E-state index is -0.113. The molecule has 1 atom stereocenters. The van der Waals surface area contributed by atoms with Crippen LogP contribution >= 0.6 is 0 Å². The van der Waals surface area contributed by atoms with Crippen LogP contribution in [0.1, 0.15) is 33.1 Å². The maximum atomic E-state index is 11.9. The molecule has 2 amide bonds. The van der Waals surface area contributed by atoms with Gasteiger partial charge in [-0.25, -0.2) is 9.86 Å². The van der Waals surface area contributed by atoms with E-state index in [1.54, 1.807) is 4.90 Å². The highest BCUT2D eigenvalue weighted by Gasteiger charge is 2.31. The third-order valence-electron chi connectivity index (χ3n) is 2.77. The normalized spacial score (nSPS) is 21.4. The highest BCUT2D eigenvalue weighted by Crippen LogP contribution is 2.15. The van der Waals surface area contributed by atoms with Crippen molar-refractivity contribution in [3.05, 3.63) is 0 Å². The van der Waals surface area contributed by atoms with E-state index in [2.05, 4.69) is 6.92 Å². The highest BCUT2D eigenvalue weighted by molar-refractivity contribution is 5.79. The summed E-state index contributed by atoms with van der Waals surface area (Å²) in [6, 6.07) is -0.179. The number of carbonyl (C=O) groups is 1. The van der Waals surface area contributed by atoms with E-state index in [0.29, 0.717) is 19.7 Å². The van der Waals surface area contributed by atoms with Crippen LogP contribution in [0.4, 0.5) is 4.79 Å². The maximum absolute atomic E-state index is 11.9. The number of nitrogens with zero attached hydrogens (tertiary/aromatic N) is 2. The SMILES string of the molecule is CCCCON1CC[C@@H](C=N)N(CC)C1=O. The number of hydrogen-bond acceptors (Lipinski definition) is 3. The fourth-order valence-electron chi connectivity index (χ4n) is 1.77. The molecule has 0 aromatic heterocycles. The first kappa shape index (κ1) is 13.0. The van der Waals surface area contributed by atoms with E-state index in [1.165, 1.54) is 11.3 Å². The van der Waals surface area contributed by atoms with E-state index in [0.717, 1.165) is 19.3 Å². The lowest BCUT2D eigenvalue weighted by molar-refractivity contribution is -0.139. The van der Waals surface area contributed by atoms with Crippen LogP contribution < -0.4 is 0 Å². The summed E-state index contributed by atoms with van der Waals surface area (Å²) >= 11 is 0. The monoisotopic (exact) mass is 227 g/mol. The number of hydroxylamine groups is 2. The van der Waals surface area contributed by atoms with Gasteiger partial charge in [-0.3, -0.25) is 4.84 Å². The van der Waals surface area contributed by atoms with Crippen LogP contribution in [0.3, 0.4) is 0 Å². The molecule has 0 spiro atoms. The predicted molar refractivity (Wildman–Crippen MR) is 62.5 cm³/mol. The molecule has 5 heteroatoms. The van der Waals surface area contributed by atoms with Crippen LogP contribution in [0.15, 0.2) is 0 Å². The van der Waals surface area contributed by atoms with Crippen molar-refractivity contribution in [2.75, 3.05) is 19.7 Å². The van der Waals surface area contributed by atoms with E-state index < -0.39 is 0 Å². The zero-order valence-corrected chi connectivity index (χ0v) is 10.1. The van der Waals surface area contributed by atoms with E-state index in [1.807, 2.05) is 6.92 Å². The van der Waals surface area contributed by atoms with Gasteiger partial charge in [-0.1, -0.05) is 13.3 Å². The standard InChI is InChI=1S/C11H21N3O2/c1-3-5-8-16-14-7-6-10(9-12)13(4-2)11(14)15/h9-10,12H,3-8H2,1-2H3/t10-/m0/s1. The lowest BCUT2D eigenvalue weighted by Crippen LogP contribution is -2.54. The molecule has 0 unspecified atom stereocenters. The Labute approximate surface area is 96.8 Å². The molecule has 0 radical (unpaired) electrons. The van der Waals surface area contributed by atoms with Crippen molar-refractivity contribution in [3.63, 3.8) is 0 Å². The Kier molecular flexibility index (Phi) is 5.25. The van der Waals surface area contributed by atoms with Gasteiger partial charge in [0.05, 0.1) is 19.2 Å². The first-order valence-electron chi connectivity index (χ1n) is 5.96. The molecule has 1 N–H and O–H groups in total. The number of hydrogen-bond donors (Lipinski definition) is 1. The molecule has 1 heterocycles. The largest absolute Gasteiger partial charge is 0.344 e. The summed E-state index contributed by atoms with van der Waals surface area (Å²) in [4.78, 5) is 19.0. The Morgan fingerprint density at radius 2 is 2.31 bits per heavy atom. The molecule has 1 fully saturated rings. The lowest BCUT2D eigenvalue weighted by atomic mass is 10.1. The summed E-state index contributed by atoms with van der Waals surface area (Å²) in [5.74, 6) is 0. The minimum absolute atomic E-state index is 0.0662.